The molecule has 0 spiro atoms. The van der Waals surface area contributed by atoms with Crippen molar-refractivity contribution in [2.45, 2.75) is 24.7 Å². The number of aliphatic imine (C=N–C) groups is 1. The van der Waals surface area contributed by atoms with Crippen LogP contribution < -0.4 is 24.8 Å². The number of nitrogens with one attached hydrogen (secondary N) is 2. The van der Waals surface area contributed by atoms with Gasteiger partial charge in [0.1, 0.15) is 5.75 Å². The van der Waals surface area contributed by atoms with E-state index in [9.17, 15) is 0 Å². The zero-order chi connectivity index (χ0) is 22.8. The summed E-state index contributed by atoms with van der Waals surface area (Å²) < 4.78 is 21.7. The largest absolute Gasteiger partial charge is 0.497 e. The molecule has 0 amide bonds. The zero-order valence-electron chi connectivity index (χ0n) is 20.0. The maximum absolute atomic E-state index is 5.66. The molecule has 1 aliphatic heterocycles. The molecular weight excluding hydrogens is 533 g/mol. The molecule has 0 aliphatic carbocycles. The molecule has 1 aliphatic rings. The van der Waals surface area contributed by atoms with E-state index in [2.05, 4.69) is 33.8 Å². The first-order valence-corrected chi connectivity index (χ1v) is 11.0. The molecular formula is C25H36IN3O4. The third kappa shape index (κ3) is 7.14. The number of halogens is 1. The third-order valence-electron chi connectivity index (χ3n) is 6.12. The summed E-state index contributed by atoms with van der Waals surface area (Å²) in [6, 6.07) is 14.4. The van der Waals surface area contributed by atoms with Gasteiger partial charge in [0.05, 0.1) is 21.3 Å². The predicted molar refractivity (Wildman–Crippen MR) is 143 cm³/mol. The summed E-state index contributed by atoms with van der Waals surface area (Å²) in [4.78, 5) is 4.42. The first-order chi connectivity index (χ1) is 15.6. The summed E-state index contributed by atoms with van der Waals surface area (Å²) >= 11 is 0. The van der Waals surface area contributed by atoms with Crippen LogP contribution >= 0.6 is 24.0 Å². The summed E-state index contributed by atoms with van der Waals surface area (Å²) in [5.41, 5.74) is 2.48. The minimum absolute atomic E-state index is 0. The van der Waals surface area contributed by atoms with Gasteiger partial charge in [-0.15, -0.1) is 24.0 Å². The van der Waals surface area contributed by atoms with E-state index in [1.54, 1.807) is 28.4 Å². The molecule has 2 N–H and O–H groups in total. The van der Waals surface area contributed by atoms with E-state index in [4.69, 9.17) is 18.9 Å². The van der Waals surface area contributed by atoms with E-state index < -0.39 is 0 Å². The molecule has 0 unspecified atom stereocenters. The number of methoxy groups -OCH3 is 3. The lowest BCUT2D eigenvalue weighted by Gasteiger charge is -2.38. The zero-order valence-corrected chi connectivity index (χ0v) is 22.3. The molecule has 3 rings (SSSR count). The van der Waals surface area contributed by atoms with Crippen LogP contribution in [0.25, 0.3) is 0 Å². The second kappa shape index (κ2) is 13.5. The Morgan fingerprint density at radius 1 is 0.939 bits per heavy atom. The number of guanidine groups is 1. The van der Waals surface area contributed by atoms with Gasteiger partial charge in [-0.25, -0.2) is 0 Å². The summed E-state index contributed by atoms with van der Waals surface area (Å²) in [5, 5.41) is 6.97. The monoisotopic (exact) mass is 569 g/mol. The van der Waals surface area contributed by atoms with Crippen LogP contribution in [0.4, 0.5) is 0 Å². The predicted octanol–water partition coefficient (Wildman–Crippen LogP) is 3.79. The van der Waals surface area contributed by atoms with E-state index in [1.165, 1.54) is 11.1 Å². The Hall–Kier alpha value is -2.20. The highest BCUT2D eigenvalue weighted by Crippen LogP contribution is 2.35. The molecule has 8 heteroatoms. The van der Waals surface area contributed by atoms with Crippen LogP contribution in [0.2, 0.25) is 0 Å². The van der Waals surface area contributed by atoms with Gasteiger partial charge >= 0.3 is 0 Å². The average molecular weight is 569 g/mol. The highest BCUT2D eigenvalue weighted by atomic mass is 127. The van der Waals surface area contributed by atoms with Crippen LogP contribution in [-0.2, 0) is 16.6 Å². The number of nitrogens with zero attached hydrogens (tertiary/aromatic N) is 1. The van der Waals surface area contributed by atoms with Crippen LogP contribution in [0.15, 0.2) is 47.5 Å². The molecule has 1 saturated heterocycles. The van der Waals surface area contributed by atoms with Crippen LogP contribution in [-0.4, -0.2) is 60.6 Å². The molecule has 33 heavy (non-hydrogen) atoms. The van der Waals surface area contributed by atoms with Gasteiger partial charge < -0.3 is 29.6 Å². The van der Waals surface area contributed by atoms with E-state index in [1.807, 2.05) is 24.3 Å². The lowest BCUT2D eigenvalue weighted by atomic mass is 9.74. The van der Waals surface area contributed by atoms with Gasteiger partial charge in [0, 0.05) is 38.8 Å². The van der Waals surface area contributed by atoms with Gasteiger partial charge in [0.2, 0.25) is 0 Å². The van der Waals surface area contributed by atoms with Crippen molar-refractivity contribution in [2.24, 2.45) is 4.99 Å². The Bertz CT molecular complexity index is 884. The minimum Gasteiger partial charge on any atom is -0.497 e. The molecule has 2 aromatic carbocycles. The highest BCUT2D eigenvalue weighted by molar-refractivity contribution is 14.0. The van der Waals surface area contributed by atoms with Gasteiger partial charge in [0.25, 0.3) is 0 Å². The van der Waals surface area contributed by atoms with Crippen molar-refractivity contribution in [3.8, 4) is 17.2 Å². The summed E-state index contributed by atoms with van der Waals surface area (Å²) in [7, 11) is 6.79. The maximum atomic E-state index is 5.66. The number of rotatable bonds is 9. The van der Waals surface area contributed by atoms with Gasteiger partial charge in [-0.05, 0) is 54.7 Å². The summed E-state index contributed by atoms with van der Waals surface area (Å²) in [6.07, 6.45) is 2.78. The standard InChI is InChI=1S/C25H35N3O4.HI/c1-26-24(27-14-11-19-5-10-22(30-3)23(17-19)31-4)28-18-25(12-15-32-16-13-25)20-6-8-21(29-2)9-7-20;/h5-10,17H,11-16,18H2,1-4H3,(H2,26,27,28);1H. The van der Waals surface area contributed by atoms with Crippen LogP contribution in [0.1, 0.15) is 24.0 Å². The van der Waals surface area contributed by atoms with E-state index in [-0.39, 0.29) is 29.4 Å². The van der Waals surface area contributed by atoms with Gasteiger partial charge in [-0.1, -0.05) is 18.2 Å². The topological polar surface area (TPSA) is 73.3 Å². The van der Waals surface area contributed by atoms with Gasteiger partial charge in [-0.2, -0.15) is 0 Å². The van der Waals surface area contributed by atoms with Crippen LogP contribution in [0.5, 0.6) is 17.2 Å². The first-order valence-electron chi connectivity index (χ1n) is 11.0. The lowest BCUT2D eigenvalue weighted by molar-refractivity contribution is 0.0513. The first kappa shape index (κ1) is 27.0. The Morgan fingerprint density at radius 2 is 1.64 bits per heavy atom. The van der Waals surface area contributed by atoms with Crippen molar-refractivity contribution >= 4 is 29.9 Å². The Morgan fingerprint density at radius 3 is 2.24 bits per heavy atom. The van der Waals surface area contributed by atoms with Crippen molar-refractivity contribution in [1.29, 1.82) is 0 Å². The molecule has 7 nitrogen and oxygen atoms in total. The maximum Gasteiger partial charge on any atom is 0.191 e. The molecule has 2 aromatic rings. The molecule has 1 fully saturated rings. The fourth-order valence-corrected chi connectivity index (χ4v) is 4.11. The number of hydrogen-bond acceptors (Lipinski definition) is 5. The van der Waals surface area contributed by atoms with Crippen molar-refractivity contribution in [3.63, 3.8) is 0 Å². The molecule has 1 heterocycles. The normalized spacial score (nSPS) is 15.2. The van der Waals surface area contributed by atoms with Crippen molar-refractivity contribution in [2.75, 3.05) is 54.7 Å². The molecule has 0 aromatic heterocycles. The smallest absolute Gasteiger partial charge is 0.191 e. The minimum atomic E-state index is 0. The average Bonchev–Trinajstić information content (AvgIpc) is 2.86. The molecule has 0 atom stereocenters. The summed E-state index contributed by atoms with van der Waals surface area (Å²) in [6.45, 7) is 3.07. The Labute approximate surface area is 214 Å². The van der Waals surface area contributed by atoms with E-state index >= 15 is 0 Å². The van der Waals surface area contributed by atoms with Crippen molar-refractivity contribution in [3.05, 3.63) is 53.6 Å². The number of hydrogen-bond donors (Lipinski definition) is 2. The SMILES string of the molecule is CN=C(NCCc1ccc(OC)c(OC)c1)NCC1(c2ccc(OC)cc2)CCOCC1.I. The van der Waals surface area contributed by atoms with Crippen molar-refractivity contribution in [1.82, 2.24) is 10.6 Å². The molecule has 182 valence electrons. The fourth-order valence-electron chi connectivity index (χ4n) is 4.11. The van der Waals surface area contributed by atoms with Crippen LogP contribution in [0.3, 0.4) is 0 Å². The number of benzene rings is 2. The molecule has 0 bridgehead atoms. The quantitative estimate of drug-likeness (QED) is 0.272. The van der Waals surface area contributed by atoms with Crippen LogP contribution in [0, 0.1) is 0 Å². The second-order valence-corrected chi connectivity index (χ2v) is 7.91. The molecule has 0 saturated carbocycles. The number of ether oxygens (including phenoxy) is 4. The summed E-state index contributed by atoms with van der Waals surface area (Å²) in [5.74, 6) is 3.15. The third-order valence-corrected chi connectivity index (χ3v) is 6.12. The van der Waals surface area contributed by atoms with Gasteiger partial charge in [0.15, 0.2) is 17.5 Å². The molecule has 0 radical (unpaired) electrons. The Kier molecular flexibility index (Phi) is 11.1. The fraction of sp³-hybridized carbons (Fsp3) is 0.480. The van der Waals surface area contributed by atoms with Crippen molar-refractivity contribution < 1.29 is 18.9 Å². The Balaban J connectivity index is 0.00000385. The lowest BCUT2D eigenvalue weighted by Crippen LogP contribution is -2.48. The highest BCUT2D eigenvalue weighted by Gasteiger charge is 2.34. The van der Waals surface area contributed by atoms with Gasteiger partial charge in [-0.3, -0.25) is 4.99 Å². The second-order valence-electron chi connectivity index (χ2n) is 7.91. The van der Waals surface area contributed by atoms with E-state index in [0.717, 1.165) is 68.8 Å². The van der Waals surface area contributed by atoms with E-state index in [0.29, 0.717) is 0 Å².